The van der Waals surface area contributed by atoms with Crippen molar-refractivity contribution >= 4 is 0 Å². The largest absolute Gasteiger partial charge is 0.302 e. The molecule has 1 aromatic carbocycles. The van der Waals surface area contributed by atoms with Gasteiger partial charge in [0.05, 0.1) is 5.56 Å². The summed E-state index contributed by atoms with van der Waals surface area (Å²) in [6.45, 7) is 3.40. The molecule has 0 aliphatic carbocycles. The van der Waals surface area contributed by atoms with E-state index < -0.39 is 5.82 Å². The van der Waals surface area contributed by atoms with Crippen LogP contribution in [0.5, 0.6) is 0 Å². The molecule has 0 aromatic heterocycles. The van der Waals surface area contributed by atoms with Crippen LogP contribution in [-0.4, -0.2) is 18.5 Å². The first-order valence-electron chi connectivity index (χ1n) is 4.55. The summed E-state index contributed by atoms with van der Waals surface area (Å²) in [6.07, 6.45) is 0. The first-order valence-corrected chi connectivity index (χ1v) is 4.55. The molecule has 1 aromatic rings. The molecular weight excluding hydrogens is 179 g/mol. The second-order valence-corrected chi connectivity index (χ2v) is 3.22. The van der Waals surface area contributed by atoms with Crippen LogP contribution in [0.4, 0.5) is 4.39 Å². The zero-order chi connectivity index (χ0) is 10.6. The Balaban J connectivity index is 2.94. The molecule has 0 radical (unpaired) electrons. The Bertz CT molecular complexity index is 355. The van der Waals surface area contributed by atoms with Crippen molar-refractivity contribution in [2.24, 2.45) is 0 Å². The van der Waals surface area contributed by atoms with E-state index in [0.29, 0.717) is 12.1 Å². The topological polar surface area (TPSA) is 27.0 Å². The van der Waals surface area contributed by atoms with Crippen LogP contribution >= 0.6 is 0 Å². The number of nitriles is 1. The van der Waals surface area contributed by atoms with Crippen LogP contribution in [0.1, 0.15) is 18.1 Å². The summed E-state index contributed by atoms with van der Waals surface area (Å²) < 4.78 is 13.5. The number of hydrogen-bond acceptors (Lipinski definition) is 2. The van der Waals surface area contributed by atoms with E-state index in [-0.39, 0.29) is 5.56 Å². The number of nitrogens with zero attached hydrogens (tertiary/aromatic N) is 2. The van der Waals surface area contributed by atoms with Gasteiger partial charge < -0.3 is 4.90 Å². The molecule has 0 aliphatic heterocycles. The van der Waals surface area contributed by atoms with Crippen LogP contribution in [0.15, 0.2) is 18.2 Å². The van der Waals surface area contributed by atoms with Gasteiger partial charge in [0.25, 0.3) is 0 Å². The molecule has 3 heteroatoms. The molecule has 0 bridgehead atoms. The highest BCUT2D eigenvalue weighted by Crippen LogP contribution is 2.13. The van der Waals surface area contributed by atoms with Crippen molar-refractivity contribution in [1.82, 2.24) is 4.90 Å². The van der Waals surface area contributed by atoms with Crippen molar-refractivity contribution in [2.45, 2.75) is 13.5 Å². The average molecular weight is 192 g/mol. The third-order valence-electron chi connectivity index (χ3n) is 2.18. The Hall–Kier alpha value is -1.40. The fourth-order valence-electron chi connectivity index (χ4n) is 1.19. The summed E-state index contributed by atoms with van der Waals surface area (Å²) in [5.74, 6) is -0.393. The normalized spacial score (nSPS) is 10.2. The van der Waals surface area contributed by atoms with Crippen molar-refractivity contribution in [2.75, 3.05) is 13.6 Å². The first-order chi connectivity index (χ1) is 6.69. The number of halogens is 1. The lowest BCUT2D eigenvalue weighted by Gasteiger charge is -2.14. The smallest absolute Gasteiger partial charge is 0.145 e. The Morgan fingerprint density at radius 1 is 1.50 bits per heavy atom. The molecule has 74 valence electrons. The van der Waals surface area contributed by atoms with Crippen LogP contribution in [0, 0.1) is 17.1 Å². The lowest BCUT2D eigenvalue weighted by atomic mass is 10.1. The summed E-state index contributed by atoms with van der Waals surface area (Å²) in [4.78, 5) is 1.99. The molecule has 0 amide bonds. The van der Waals surface area contributed by atoms with E-state index in [4.69, 9.17) is 5.26 Å². The maximum absolute atomic E-state index is 13.5. The van der Waals surface area contributed by atoms with Gasteiger partial charge in [0.2, 0.25) is 0 Å². The van der Waals surface area contributed by atoms with Crippen molar-refractivity contribution in [3.8, 4) is 6.07 Å². The SMILES string of the molecule is CCN(C)Cc1cccc(C#N)c1F. The van der Waals surface area contributed by atoms with Gasteiger partial charge in [-0.15, -0.1) is 0 Å². The molecular formula is C11H13FN2. The van der Waals surface area contributed by atoms with Crippen molar-refractivity contribution in [3.63, 3.8) is 0 Å². The van der Waals surface area contributed by atoms with Gasteiger partial charge in [-0.3, -0.25) is 0 Å². The number of hydrogen-bond donors (Lipinski definition) is 0. The quantitative estimate of drug-likeness (QED) is 0.733. The van der Waals surface area contributed by atoms with Crippen LogP contribution in [0.2, 0.25) is 0 Å². The third-order valence-corrected chi connectivity index (χ3v) is 2.18. The highest BCUT2D eigenvalue weighted by Gasteiger charge is 2.08. The number of benzene rings is 1. The summed E-state index contributed by atoms with van der Waals surface area (Å²) in [5.41, 5.74) is 0.695. The molecule has 2 nitrogen and oxygen atoms in total. The van der Waals surface area contributed by atoms with Crippen molar-refractivity contribution in [3.05, 3.63) is 35.1 Å². The van der Waals surface area contributed by atoms with E-state index >= 15 is 0 Å². The van der Waals surface area contributed by atoms with Crippen LogP contribution < -0.4 is 0 Å². The lowest BCUT2D eigenvalue weighted by molar-refractivity contribution is 0.339. The Labute approximate surface area is 83.6 Å². The van der Waals surface area contributed by atoms with Gasteiger partial charge in [0.15, 0.2) is 0 Å². The molecule has 0 atom stereocenters. The molecule has 0 unspecified atom stereocenters. The number of rotatable bonds is 3. The predicted molar refractivity (Wildman–Crippen MR) is 53.1 cm³/mol. The monoisotopic (exact) mass is 192 g/mol. The molecule has 0 aliphatic rings. The van der Waals surface area contributed by atoms with E-state index in [9.17, 15) is 4.39 Å². The molecule has 0 heterocycles. The maximum Gasteiger partial charge on any atom is 0.145 e. The molecule has 0 saturated carbocycles. The summed E-state index contributed by atoms with van der Waals surface area (Å²) in [7, 11) is 1.92. The first kappa shape index (κ1) is 10.7. The minimum absolute atomic E-state index is 0.118. The maximum atomic E-state index is 13.5. The zero-order valence-corrected chi connectivity index (χ0v) is 8.42. The second-order valence-electron chi connectivity index (χ2n) is 3.22. The van der Waals surface area contributed by atoms with Crippen molar-refractivity contribution < 1.29 is 4.39 Å². The van der Waals surface area contributed by atoms with Gasteiger partial charge in [-0.1, -0.05) is 19.1 Å². The minimum atomic E-state index is -0.393. The van der Waals surface area contributed by atoms with Crippen LogP contribution in [-0.2, 0) is 6.54 Å². The molecule has 0 spiro atoms. The lowest BCUT2D eigenvalue weighted by Crippen LogP contribution is -2.17. The highest BCUT2D eigenvalue weighted by molar-refractivity contribution is 5.34. The molecule has 0 saturated heterocycles. The molecule has 14 heavy (non-hydrogen) atoms. The van der Waals surface area contributed by atoms with E-state index in [0.717, 1.165) is 6.54 Å². The molecule has 1 rings (SSSR count). The van der Waals surface area contributed by atoms with Gasteiger partial charge in [-0.25, -0.2) is 4.39 Å². The highest BCUT2D eigenvalue weighted by atomic mass is 19.1. The van der Waals surface area contributed by atoms with E-state index in [2.05, 4.69) is 0 Å². The van der Waals surface area contributed by atoms with Gasteiger partial charge in [-0.2, -0.15) is 5.26 Å². The van der Waals surface area contributed by atoms with Gasteiger partial charge in [-0.05, 0) is 19.7 Å². The average Bonchev–Trinajstić information content (AvgIpc) is 2.21. The van der Waals surface area contributed by atoms with E-state index in [1.807, 2.05) is 24.9 Å². The van der Waals surface area contributed by atoms with Gasteiger partial charge in [0, 0.05) is 12.1 Å². The fourth-order valence-corrected chi connectivity index (χ4v) is 1.19. The second kappa shape index (κ2) is 4.73. The predicted octanol–water partition coefficient (Wildman–Crippen LogP) is 2.15. The molecule has 0 fully saturated rings. The van der Waals surface area contributed by atoms with Crippen molar-refractivity contribution in [1.29, 1.82) is 5.26 Å². The fraction of sp³-hybridized carbons (Fsp3) is 0.364. The van der Waals surface area contributed by atoms with E-state index in [1.165, 1.54) is 6.07 Å². The summed E-state index contributed by atoms with van der Waals surface area (Å²) in [6, 6.07) is 6.74. The van der Waals surface area contributed by atoms with E-state index in [1.54, 1.807) is 12.1 Å². The Morgan fingerprint density at radius 3 is 2.79 bits per heavy atom. The van der Waals surface area contributed by atoms with Crippen LogP contribution in [0.3, 0.4) is 0 Å². The molecule has 0 N–H and O–H groups in total. The Morgan fingerprint density at radius 2 is 2.21 bits per heavy atom. The minimum Gasteiger partial charge on any atom is -0.302 e. The summed E-state index contributed by atoms with van der Waals surface area (Å²) in [5, 5.41) is 8.63. The zero-order valence-electron chi connectivity index (χ0n) is 8.42. The Kier molecular flexibility index (Phi) is 3.61. The van der Waals surface area contributed by atoms with Gasteiger partial charge >= 0.3 is 0 Å². The summed E-state index contributed by atoms with van der Waals surface area (Å²) >= 11 is 0. The van der Waals surface area contributed by atoms with Crippen LogP contribution in [0.25, 0.3) is 0 Å². The third kappa shape index (κ3) is 2.30. The van der Waals surface area contributed by atoms with Gasteiger partial charge in [0.1, 0.15) is 11.9 Å². The standard InChI is InChI=1S/C11H13FN2/c1-3-14(2)8-10-6-4-5-9(7-13)11(10)12/h4-6H,3,8H2,1-2H3.